The Morgan fingerprint density at radius 3 is 2.00 bits per heavy atom. The molecular formula is C6H7BO4S. The fourth-order valence-corrected chi connectivity index (χ4v) is 1.51. The molecule has 0 heterocycles. The average molecular weight is 186 g/mol. The Hall–Kier alpha value is -0.845. The third-order valence-electron chi connectivity index (χ3n) is 1.35. The monoisotopic (exact) mass is 186 g/mol. The molecule has 0 unspecified atom stereocenters. The maximum atomic E-state index is 11.0. The number of hydrogen-bond donors (Lipinski definition) is 2. The summed E-state index contributed by atoms with van der Waals surface area (Å²) in [5.41, 5.74) is 0. The third kappa shape index (κ3) is 1.66. The van der Waals surface area contributed by atoms with Gasteiger partial charge in [-0.25, -0.2) is 8.42 Å². The Balaban J connectivity index is 3.17. The summed E-state index contributed by atoms with van der Waals surface area (Å²) in [5, 5.41) is 17.0. The van der Waals surface area contributed by atoms with Gasteiger partial charge in [-0.05, 0) is 12.1 Å². The first-order valence-electron chi connectivity index (χ1n) is 3.20. The first-order valence-corrected chi connectivity index (χ1v) is 4.75. The topological polar surface area (TPSA) is 74.6 Å². The maximum absolute atomic E-state index is 11.0. The summed E-state index contributed by atoms with van der Waals surface area (Å²) in [6.45, 7) is 0. The van der Waals surface area contributed by atoms with Crippen LogP contribution < -0.4 is 0 Å². The van der Waals surface area contributed by atoms with Gasteiger partial charge in [0.2, 0.25) is 9.69 Å². The van der Waals surface area contributed by atoms with Crippen molar-refractivity contribution in [2.75, 3.05) is 0 Å². The van der Waals surface area contributed by atoms with E-state index in [9.17, 15) is 8.42 Å². The molecule has 12 heavy (non-hydrogen) atoms. The van der Waals surface area contributed by atoms with Crippen LogP contribution in [0, 0.1) is 0 Å². The predicted octanol–water partition coefficient (Wildman–Crippen LogP) is -0.570. The van der Waals surface area contributed by atoms with E-state index < -0.39 is 16.1 Å². The SMILES string of the molecule is O=S(=O)(B(O)O)c1ccccc1. The largest absolute Gasteiger partial charge is 0.599 e. The summed E-state index contributed by atoms with van der Waals surface area (Å²) in [6, 6.07) is 7.26. The quantitative estimate of drug-likeness (QED) is 0.606. The predicted molar refractivity (Wildman–Crippen MR) is 43.8 cm³/mol. The zero-order valence-electron chi connectivity index (χ0n) is 6.08. The van der Waals surface area contributed by atoms with Crippen LogP contribution in [0.15, 0.2) is 35.2 Å². The van der Waals surface area contributed by atoms with Crippen LogP contribution in [0.4, 0.5) is 0 Å². The van der Waals surface area contributed by atoms with Crippen molar-refractivity contribution in [1.82, 2.24) is 0 Å². The van der Waals surface area contributed by atoms with Crippen molar-refractivity contribution in [1.29, 1.82) is 0 Å². The molecule has 64 valence electrons. The van der Waals surface area contributed by atoms with Crippen molar-refractivity contribution in [2.45, 2.75) is 4.90 Å². The summed E-state index contributed by atoms with van der Waals surface area (Å²) in [4.78, 5) is -0.0972. The van der Waals surface area contributed by atoms with Gasteiger partial charge in [-0.2, -0.15) is 0 Å². The molecule has 0 amide bonds. The molecular weight excluding hydrogens is 179 g/mol. The molecule has 0 bridgehead atoms. The van der Waals surface area contributed by atoms with E-state index in [1.54, 1.807) is 6.07 Å². The van der Waals surface area contributed by atoms with E-state index in [1.165, 1.54) is 24.3 Å². The van der Waals surface area contributed by atoms with E-state index in [0.29, 0.717) is 0 Å². The number of hydrogen-bond acceptors (Lipinski definition) is 4. The van der Waals surface area contributed by atoms with E-state index >= 15 is 0 Å². The normalized spacial score (nSPS) is 11.2. The second-order valence-corrected chi connectivity index (χ2v) is 4.17. The van der Waals surface area contributed by atoms with Gasteiger partial charge in [0.25, 0.3) is 0 Å². The van der Waals surface area contributed by atoms with E-state index in [-0.39, 0.29) is 4.90 Å². The third-order valence-corrected chi connectivity index (χ3v) is 2.83. The summed E-state index contributed by atoms with van der Waals surface area (Å²) in [6.07, 6.45) is -2.35. The molecule has 1 aromatic rings. The van der Waals surface area contributed by atoms with Crippen LogP contribution in [0.5, 0.6) is 0 Å². The van der Waals surface area contributed by atoms with Gasteiger partial charge < -0.3 is 10.0 Å². The molecule has 2 N–H and O–H groups in total. The molecule has 0 saturated heterocycles. The summed E-state index contributed by atoms with van der Waals surface area (Å²) in [5.74, 6) is 0. The molecule has 0 spiro atoms. The Bertz CT molecular complexity index is 345. The van der Waals surface area contributed by atoms with Gasteiger partial charge in [0, 0.05) is 0 Å². The van der Waals surface area contributed by atoms with Crippen LogP contribution in [0.2, 0.25) is 0 Å². The zero-order chi connectivity index (χ0) is 9.19. The molecule has 0 aliphatic rings. The first kappa shape index (κ1) is 9.24. The van der Waals surface area contributed by atoms with Crippen molar-refractivity contribution >= 4 is 16.1 Å². The number of rotatable bonds is 2. The smallest absolute Gasteiger partial charge is 0.414 e. The van der Waals surface area contributed by atoms with Gasteiger partial charge in [0.1, 0.15) is 0 Å². The fourth-order valence-electron chi connectivity index (χ4n) is 0.732. The van der Waals surface area contributed by atoms with Gasteiger partial charge >= 0.3 is 6.40 Å². The maximum Gasteiger partial charge on any atom is 0.599 e. The van der Waals surface area contributed by atoms with Gasteiger partial charge in [-0.3, -0.25) is 0 Å². The molecule has 0 fully saturated rings. The van der Waals surface area contributed by atoms with E-state index in [2.05, 4.69) is 0 Å². The van der Waals surface area contributed by atoms with Gasteiger partial charge in [0.05, 0.1) is 4.90 Å². The first-order chi connectivity index (χ1) is 5.55. The highest BCUT2D eigenvalue weighted by molar-refractivity contribution is 8.16. The Labute approximate surface area is 70.4 Å². The standard InChI is InChI=1S/C6H7BO4S/c8-7(9)12(10,11)6-4-2-1-3-5-6/h1-5,8-9H. The van der Waals surface area contributed by atoms with Crippen LogP contribution in [-0.2, 0) is 9.69 Å². The lowest BCUT2D eigenvalue weighted by Crippen LogP contribution is -2.25. The summed E-state index contributed by atoms with van der Waals surface area (Å²) >= 11 is 0. The molecule has 1 aromatic carbocycles. The van der Waals surface area contributed by atoms with Crippen LogP contribution in [0.3, 0.4) is 0 Å². The van der Waals surface area contributed by atoms with E-state index in [0.717, 1.165) is 0 Å². The Morgan fingerprint density at radius 1 is 1.08 bits per heavy atom. The van der Waals surface area contributed by atoms with Crippen molar-refractivity contribution in [2.24, 2.45) is 0 Å². The van der Waals surface area contributed by atoms with Gasteiger partial charge in [-0.1, -0.05) is 18.2 Å². The van der Waals surface area contributed by atoms with Crippen LogP contribution >= 0.6 is 0 Å². The Kier molecular flexibility index (Phi) is 2.51. The van der Waals surface area contributed by atoms with Gasteiger partial charge in [0.15, 0.2) is 0 Å². The molecule has 4 nitrogen and oxygen atoms in total. The van der Waals surface area contributed by atoms with E-state index in [4.69, 9.17) is 10.0 Å². The minimum absolute atomic E-state index is 0.0972. The second-order valence-electron chi connectivity index (χ2n) is 2.18. The summed E-state index contributed by atoms with van der Waals surface area (Å²) in [7, 11) is -3.97. The molecule has 0 radical (unpaired) electrons. The molecule has 0 aliphatic carbocycles. The molecule has 0 aromatic heterocycles. The van der Waals surface area contributed by atoms with Gasteiger partial charge in [-0.15, -0.1) is 0 Å². The van der Waals surface area contributed by atoms with Crippen molar-refractivity contribution in [3.05, 3.63) is 30.3 Å². The second kappa shape index (κ2) is 3.26. The van der Waals surface area contributed by atoms with Crippen LogP contribution in [-0.4, -0.2) is 24.9 Å². The molecule has 1 rings (SSSR count). The average Bonchev–Trinajstić information content (AvgIpc) is 2.06. The highest BCUT2D eigenvalue weighted by Gasteiger charge is 2.30. The van der Waals surface area contributed by atoms with E-state index in [1.807, 2.05) is 0 Å². The lowest BCUT2D eigenvalue weighted by Gasteiger charge is -2.00. The molecule has 0 saturated carbocycles. The minimum atomic E-state index is -3.97. The number of benzene rings is 1. The lowest BCUT2D eigenvalue weighted by molar-refractivity contribution is 0.428. The fraction of sp³-hybridized carbons (Fsp3) is 0. The highest BCUT2D eigenvalue weighted by Crippen LogP contribution is 2.09. The van der Waals surface area contributed by atoms with Crippen LogP contribution in [0.1, 0.15) is 0 Å². The highest BCUT2D eigenvalue weighted by atomic mass is 32.2. The molecule has 0 atom stereocenters. The molecule has 0 aliphatic heterocycles. The van der Waals surface area contributed by atoms with Crippen molar-refractivity contribution < 1.29 is 18.5 Å². The van der Waals surface area contributed by atoms with Crippen LogP contribution in [0.25, 0.3) is 0 Å². The summed E-state index contributed by atoms with van der Waals surface area (Å²) < 4.78 is 22.1. The lowest BCUT2D eigenvalue weighted by atomic mass is 10.4. The zero-order valence-corrected chi connectivity index (χ0v) is 6.90. The van der Waals surface area contributed by atoms with Crippen molar-refractivity contribution in [3.63, 3.8) is 0 Å². The minimum Gasteiger partial charge on any atom is -0.414 e. The Morgan fingerprint density at radius 2 is 1.58 bits per heavy atom. The van der Waals surface area contributed by atoms with Crippen molar-refractivity contribution in [3.8, 4) is 0 Å². The molecule has 6 heteroatoms.